The van der Waals surface area contributed by atoms with Crippen molar-refractivity contribution in [3.8, 4) is 11.5 Å². The van der Waals surface area contributed by atoms with E-state index >= 15 is 0 Å². The molecule has 0 atom stereocenters. The second-order valence-electron chi connectivity index (χ2n) is 5.06. The zero-order valence-electron chi connectivity index (χ0n) is 13.8. The number of benzene rings is 2. The van der Waals surface area contributed by atoms with Crippen molar-refractivity contribution < 1.29 is 14.3 Å². The predicted molar refractivity (Wildman–Crippen MR) is 101 cm³/mol. The second-order valence-corrected chi connectivity index (χ2v) is 5.06. The zero-order valence-corrected chi connectivity index (χ0v) is 14.6. The molecule has 25 heavy (non-hydrogen) atoms. The summed E-state index contributed by atoms with van der Waals surface area (Å²) < 4.78 is 10.4. The number of carbonyl (C=O) groups is 1. The number of para-hydroxylation sites is 1. The van der Waals surface area contributed by atoms with Gasteiger partial charge in [-0.15, -0.1) is 12.4 Å². The number of nitrogens with one attached hydrogen (secondary N) is 2. The van der Waals surface area contributed by atoms with Gasteiger partial charge >= 0.3 is 6.03 Å². The number of methoxy groups -OCH3 is 2. The van der Waals surface area contributed by atoms with Crippen LogP contribution in [0.4, 0.5) is 16.2 Å². The number of urea groups is 1. The Hall–Kier alpha value is -2.99. The largest absolute Gasteiger partial charge is 0.497 e. The van der Waals surface area contributed by atoms with E-state index in [9.17, 15) is 4.79 Å². The first-order valence-corrected chi connectivity index (χ1v) is 7.34. The topological polar surface area (TPSA) is 72.5 Å². The van der Waals surface area contributed by atoms with Crippen molar-refractivity contribution in [3.05, 3.63) is 54.7 Å². The third-order valence-corrected chi connectivity index (χ3v) is 3.51. The highest BCUT2D eigenvalue weighted by molar-refractivity contribution is 6.05. The van der Waals surface area contributed by atoms with Crippen molar-refractivity contribution >= 4 is 40.7 Å². The van der Waals surface area contributed by atoms with Gasteiger partial charge in [0.2, 0.25) is 0 Å². The van der Waals surface area contributed by atoms with Crippen LogP contribution in [0.3, 0.4) is 0 Å². The summed E-state index contributed by atoms with van der Waals surface area (Å²) in [5, 5.41) is 6.48. The lowest BCUT2D eigenvalue weighted by molar-refractivity contribution is 0.262. The maximum absolute atomic E-state index is 12.3. The van der Waals surface area contributed by atoms with E-state index in [1.54, 1.807) is 44.7 Å². The number of ether oxygens (including phenoxy) is 2. The number of amides is 2. The molecule has 7 heteroatoms. The van der Waals surface area contributed by atoms with Crippen LogP contribution in [0.15, 0.2) is 54.7 Å². The van der Waals surface area contributed by atoms with Gasteiger partial charge in [0.25, 0.3) is 0 Å². The van der Waals surface area contributed by atoms with Crippen molar-refractivity contribution in [2.45, 2.75) is 0 Å². The van der Waals surface area contributed by atoms with E-state index in [2.05, 4.69) is 15.6 Å². The van der Waals surface area contributed by atoms with Crippen LogP contribution in [0.5, 0.6) is 11.5 Å². The minimum absolute atomic E-state index is 0. The van der Waals surface area contributed by atoms with Crippen LogP contribution in [0, 0.1) is 0 Å². The number of aromatic nitrogens is 1. The minimum Gasteiger partial charge on any atom is -0.497 e. The van der Waals surface area contributed by atoms with Crippen molar-refractivity contribution in [2.24, 2.45) is 0 Å². The highest BCUT2D eigenvalue weighted by Gasteiger charge is 2.08. The lowest BCUT2D eigenvalue weighted by Gasteiger charge is -2.12. The van der Waals surface area contributed by atoms with E-state index in [1.165, 1.54) is 0 Å². The molecular formula is C18H18ClN3O3. The number of rotatable bonds is 4. The molecule has 2 aromatic carbocycles. The van der Waals surface area contributed by atoms with Crippen molar-refractivity contribution in [1.82, 2.24) is 4.98 Å². The highest BCUT2D eigenvalue weighted by Crippen LogP contribution is 2.26. The monoisotopic (exact) mass is 359 g/mol. The molecule has 0 spiro atoms. The summed E-state index contributed by atoms with van der Waals surface area (Å²) in [6.45, 7) is 0. The smallest absolute Gasteiger partial charge is 0.323 e. The average Bonchev–Trinajstić information content (AvgIpc) is 2.61. The number of pyridine rings is 1. The van der Waals surface area contributed by atoms with Gasteiger partial charge < -0.3 is 20.1 Å². The molecule has 0 radical (unpaired) electrons. The Balaban J connectivity index is 0.00000225. The maximum atomic E-state index is 12.3. The Morgan fingerprint density at radius 1 is 0.960 bits per heavy atom. The van der Waals surface area contributed by atoms with E-state index in [1.807, 2.05) is 24.3 Å². The molecule has 0 saturated heterocycles. The third-order valence-electron chi connectivity index (χ3n) is 3.51. The number of halogens is 1. The predicted octanol–water partition coefficient (Wildman–Crippen LogP) is 4.32. The van der Waals surface area contributed by atoms with Gasteiger partial charge in [-0.3, -0.25) is 4.98 Å². The average molecular weight is 360 g/mol. The van der Waals surface area contributed by atoms with Gasteiger partial charge in [-0.2, -0.15) is 0 Å². The molecule has 0 fully saturated rings. The standard InChI is InChI=1S/C18H17N3O3.ClH/c1-23-13-9-12(10-14(11-13)24-2)20-18(22)21-17-7-8-19-16-6-4-3-5-15(16)17;/h3-11H,1-2H3,(H2,19,20,21,22);1H. The van der Waals surface area contributed by atoms with E-state index in [4.69, 9.17) is 9.47 Å². The maximum Gasteiger partial charge on any atom is 0.323 e. The summed E-state index contributed by atoms with van der Waals surface area (Å²) in [6.07, 6.45) is 1.66. The molecule has 6 nitrogen and oxygen atoms in total. The van der Waals surface area contributed by atoms with Crippen LogP contribution in [-0.4, -0.2) is 25.2 Å². The van der Waals surface area contributed by atoms with Gasteiger partial charge in [-0.05, 0) is 12.1 Å². The van der Waals surface area contributed by atoms with Crippen molar-refractivity contribution in [3.63, 3.8) is 0 Å². The molecule has 1 aromatic heterocycles. The molecular weight excluding hydrogens is 342 g/mol. The first kappa shape index (κ1) is 18.4. The SMILES string of the molecule is COc1cc(NC(=O)Nc2ccnc3ccccc23)cc(OC)c1.Cl. The van der Waals surface area contributed by atoms with Crippen LogP contribution in [0.1, 0.15) is 0 Å². The quantitative estimate of drug-likeness (QED) is 0.727. The number of fused-ring (bicyclic) bond motifs is 1. The van der Waals surface area contributed by atoms with Crippen LogP contribution in [-0.2, 0) is 0 Å². The molecule has 0 aliphatic rings. The zero-order chi connectivity index (χ0) is 16.9. The molecule has 0 unspecified atom stereocenters. The first-order chi connectivity index (χ1) is 11.7. The molecule has 2 N–H and O–H groups in total. The number of hydrogen-bond acceptors (Lipinski definition) is 4. The van der Waals surface area contributed by atoms with Gasteiger partial charge in [0, 0.05) is 35.5 Å². The Labute approximate surface area is 151 Å². The minimum atomic E-state index is -0.360. The summed E-state index contributed by atoms with van der Waals surface area (Å²) in [5.74, 6) is 1.19. The van der Waals surface area contributed by atoms with Gasteiger partial charge in [0.1, 0.15) is 11.5 Å². The Bertz CT molecular complexity index is 859. The van der Waals surface area contributed by atoms with Crippen molar-refractivity contribution in [1.29, 1.82) is 0 Å². The molecule has 3 aromatic rings. The summed E-state index contributed by atoms with van der Waals surface area (Å²) in [5.41, 5.74) is 2.08. The Morgan fingerprint density at radius 2 is 1.64 bits per heavy atom. The van der Waals surface area contributed by atoms with Gasteiger partial charge in [0.15, 0.2) is 0 Å². The molecule has 2 amide bonds. The number of carbonyl (C=O) groups excluding carboxylic acids is 1. The number of hydrogen-bond donors (Lipinski definition) is 2. The molecule has 0 saturated carbocycles. The van der Waals surface area contributed by atoms with Crippen LogP contribution in [0.2, 0.25) is 0 Å². The molecule has 0 bridgehead atoms. The van der Waals surface area contributed by atoms with Gasteiger partial charge in [-0.25, -0.2) is 4.79 Å². The van der Waals surface area contributed by atoms with E-state index in [0.29, 0.717) is 22.9 Å². The fraction of sp³-hybridized carbons (Fsp3) is 0.111. The molecule has 3 rings (SSSR count). The normalized spacial score (nSPS) is 9.84. The Kier molecular flexibility index (Phi) is 6.03. The van der Waals surface area contributed by atoms with E-state index in [0.717, 1.165) is 10.9 Å². The fourth-order valence-electron chi connectivity index (χ4n) is 2.37. The molecule has 1 heterocycles. The van der Waals surface area contributed by atoms with Gasteiger partial charge in [0.05, 0.1) is 25.4 Å². The van der Waals surface area contributed by atoms with E-state index < -0.39 is 0 Å². The van der Waals surface area contributed by atoms with Gasteiger partial charge in [-0.1, -0.05) is 18.2 Å². The number of nitrogens with zero attached hydrogens (tertiary/aromatic N) is 1. The Morgan fingerprint density at radius 3 is 2.32 bits per heavy atom. The number of anilines is 2. The summed E-state index contributed by atoms with van der Waals surface area (Å²) in [6, 6.07) is 14.2. The van der Waals surface area contributed by atoms with E-state index in [-0.39, 0.29) is 18.4 Å². The third kappa shape index (κ3) is 4.30. The summed E-state index contributed by atoms with van der Waals surface area (Å²) >= 11 is 0. The second kappa shape index (κ2) is 8.21. The summed E-state index contributed by atoms with van der Waals surface area (Å²) in [7, 11) is 3.11. The fourth-order valence-corrected chi connectivity index (χ4v) is 2.37. The van der Waals surface area contributed by atoms with Crippen LogP contribution >= 0.6 is 12.4 Å². The lowest BCUT2D eigenvalue weighted by Crippen LogP contribution is -2.19. The van der Waals surface area contributed by atoms with Crippen LogP contribution < -0.4 is 20.1 Å². The molecule has 130 valence electrons. The summed E-state index contributed by atoms with van der Waals surface area (Å²) in [4.78, 5) is 16.6. The van der Waals surface area contributed by atoms with Crippen LogP contribution in [0.25, 0.3) is 10.9 Å². The molecule has 0 aliphatic carbocycles. The lowest BCUT2D eigenvalue weighted by atomic mass is 10.2. The first-order valence-electron chi connectivity index (χ1n) is 7.34. The molecule has 0 aliphatic heterocycles. The highest BCUT2D eigenvalue weighted by atomic mass is 35.5. The van der Waals surface area contributed by atoms with Crippen molar-refractivity contribution in [2.75, 3.05) is 24.9 Å².